The molecule has 1 aromatic carbocycles. The molecule has 1 N–H and O–H groups in total. The molecule has 22 heavy (non-hydrogen) atoms. The van der Waals surface area contributed by atoms with Crippen LogP contribution in [0.25, 0.3) is 11.0 Å². The summed E-state index contributed by atoms with van der Waals surface area (Å²) in [6, 6.07) is 7.50. The van der Waals surface area contributed by atoms with Crippen molar-refractivity contribution >= 4 is 16.9 Å². The third-order valence-electron chi connectivity index (χ3n) is 4.01. The number of nitrogens with zero attached hydrogens (tertiary/aromatic N) is 3. The number of aryl methyl sites for hydroxylation is 2. The lowest BCUT2D eigenvalue weighted by atomic mass is 10.1. The molecule has 112 valence electrons. The number of carbonyl (C=O) groups is 1. The van der Waals surface area contributed by atoms with E-state index in [1.807, 2.05) is 25.1 Å². The first-order valence-corrected chi connectivity index (χ1v) is 7.41. The molecule has 3 heterocycles. The number of aromatic nitrogens is 3. The summed E-state index contributed by atoms with van der Waals surface area (Å²) in [6.07, 6.45) is 2.06. The summed E-state index contributed by atoms with van der Waals surface area (Å²) in [4.78, 5) is 12.4. The van der Waals surface area contributed by atoms with E-state index in [1.54, 1.807) is 6.07 Å². The number of nitrogens with one attached hydrogen (secondary N) is 1. The fourth-order valence-electron chi connectivity index (χ4n) is 2.97. The molecule has 6 nitrogen and oxygen atoms in total. The highest BCUT2D eigenvalue weighted by atomic mass is 16.3. The predicted molar refractivity (Wildman–Crippen MR) is 80.5 cm³/mol. The first kappa shape index (κ1) is 13.1. The van der Waals surface area contributed by atoms with Crippen molar-refractivity contribution in [3.63, 3.8) is 0 Å². The fourth-order valence-corrected chi connectivity index (χ4v) is 2.97. The Morgan fingerprint density at radius 3 is 3.23 bits per heavy atom. The van der Waals surface area contributed by atoms with E-state index in [2.05, 4.69) is 20.1 Å². The second-order valence-electron chi connectivity index (χ2n) is 5.55. The van der Waals surface area contributed by atoms with Crippen molar-refractivity contribution in [3.05, 3.63) is 47.2 Å². The van der Waals surface area contributed by atoms with Gasteiger partial charge < -0.3 is 14.3 Å². The largest absolute Gasteiger partial charge is 0.461 e. The van der Waals surface area contributed by atoms with Gasteiger partial charge in [0.25, 0.3) is 5.91 Å². The lowest BCUT2D eigenvalue weighted by molar-refractivity contribution is 0.0950. The standard InChI is InChI=1S/C16H16N4O2/c1-10-8-11-4-2-5-12(15(11)22-10)16(21)17-9-14-19-18-13-6-3-7-20(13)14/h2,4-5,8H,3,6-7,9H2,1H3,(H,17,21). The number of amides is 1. The second-order valence-corrected chi connectivity index (χ2v) is 5.55. The quantitative estimate of drug-likeness (QED) is 0.804. The van der Waals surface area contributed by atoms with Crippen LogP contribution in [0.2, 0.25) is 0 Å². The van der Waals surface area contributed by atoms with Crippen molar-refractivity contribution in [2.24, 2.45) is 0 Å². The van der Waals surface area contributed by atoms with Crippen LogP contribution in [0.1, 0.15) is 34.2 Å². The van der Waals surface area contributed by atoms with Gasteiger partial charge in [-0.2, -0.15) is 0 Å². The predicted octanol–water partition coefficient (Wildman–Crippen LogP) is 2.21. The summed E-state index contributed by atoms with van der Waals surface area (Å²) in [5.74, 6) is 2.46. The molecular formula is C16H16N4O2. The molecule has 0 saturated carbocycles. The number of rotatable bonds is 3. The Balaban J connectivity index is 1.56. The van der Waals surface area contributed by atoms with Gasteiger partial charge in [0, 0.05) is 18.4 Å². The maximum absolute atomic E-state index is 12.4. The van der Waals surface area contributed by atoms with E-state index in [1.165, 1.54) is 0 Å². The first-order valence-electron chi connectivity index (χ1n) is 7.41. The highest BCUT2D eigenvalue weighted by molar-refractivity contribution is 6.04. The highest BCUT2D eigenvalue weighted by Gasteiger charge is 2.18. The zero-order chi connectivity index (χ0) is 15.1. The van der Waals surface area contributed by atoms with E-state index < -0.39 is 0 Å². The van der Waals surface area contributed by atoms with Gasteiger partial charge in [0.05, 0.1) is 12.1 Å². The van der Waals surface area contributed by atoms with E-state index in [-0.39, 0.29) is 5.91 Å². The van der Waals surface area contributed by atoms with Crippen LogP contribution >= 0.6 is 0 Å². The number of hydrogen-bond donors (Lipinski definition) is 1. The Labute approximate surface area is 127 Å². The molecule has 3 aromatic rings. The van der Waals surface area contributed by atoms with Crippen LogP contribution in [-0.4, -0.2) is 20.7 Å². The van der Waals surface area contributed by atoms with Crippen LogP contribution in [0.3, 0.4) is 0 Å². The van der Waals surface area contributed by atoms with Crippen LogP contribution in [0.5, 0.6) is 0 Å². The van der Waals surface area contributed by atoms with Gasteiger partial charge in [-0.05, 0) is 25.5 Å². The monoisotopic (exact) mass is 296 g/mol. The average molecular weight is 296 g/mol. The van der Waals surface area contributed by atoms with Crippen LogP contribution < -0.4 is 5.32 Å². The lowest BCUT2D eigenvalue weighted by Gasteiger charge is -2.06. The van der Waals surface area contributed by atoms with Gasteiger partial charge in [0.1, 0.15) is 17.2 Å². The summed E-state index contributed by atoms with van der Waals surface area (Å²) >= 11 is 0. The molecule has 0 aliphatic carbocycles. The maximum atomic E-state index is 12.4. The van der Waals surface area contributed by atoms with Gasteiger partial charge >= 0.3 is 0 Å². The minimum atomic E-state index is -0.157. The van der Waals surface area contributed by atoms with Gasteiger partial charge in [-0.25, -0.2) is 0 Å². The Kier molecular flexibility index (Phi) is 2.96. The first-order chi connectivity index (χ1) is 10.7. The minimum Gasteiger partial charge on any atom is -0.461 e. The summed E-state index contributed by atoms with van der Waals surface area (Å²) in [7, 11) is 0. The average Bonchev–Trinajstić information content (AvgIpc) is 3.18. The van der Waals surface area contributed by atoms with Crippen LogP contribution in [0, 0.1) is 6.92 Å². The molecule has 1 amide bonds. The van der Waals surface area contributed by atoms with Gasteiger partial charge in [0.2, 0.25) is 0 Å². The highest BCUT2D eigenvalue weighted by Crippen LogP contribution is 2.22. The fraction of sp³-hybridized carbons (Fsp3) is 0.312. The van der Waals surface area contributed by atoms with Gasteiger partial charge in [-0.1, -0.05) is 12.1 Å². The van der Waals surface area contributed by atoms with Crippen LogP contribution in [-0.2, 0) is 19.5 Å². The number of carbonyl (C=O) groups excluding carboxylic acids is 1. The van der Waals surface area contributed by atoms with E-state index in [4.69, 9.17) is 4.42 Å². The van der Waals surface area contributed by atoms with E-state index in [0.717, 1.165) is 42.2 Å². The van der Waals surface area contributed by atoms with E-state index in [0.29, 0.717) is 17.7 Å². The number of furan rings is 1. The zero-order valence-electron chi connectivity index (χ0n) is 12.3. The third-order valence-corrected chi connectivity index (χ3v) is 4.01. The molecule has 0 fully saturated rings. The summed E-state index contributed by atoms with van der Waals surface area (Å²) < 4.78 is 7.72. The number of fused-ring (bicyclic) bond motifs is 2. The molecule has 2 aromatic heterocycles. The van der Waals surface area contributed by atoms with Crippen molar-refractivity contribution in [2.45, 2.75) is 32.9 Å². The van der Waals surface area contributed by atoms with E-state index >= 15 is 0 Å². The normalized spacial score (nSPS) is 13.5. The Morgan fingerprint density at radius 2 is 2.32 bits per heavy atom. The number of para-hydroxylation sites is 1. The molecule has 0 unspecified atom stereocenters. The molecule has 0 radical (unpaired) electrons. The molecule has 1 aliphatic heterocycles. The Hall–Kier alpha value is -2.63. The van der Waals surface area contributed by atoms with Gasteiger partial charge in [0.15, 0.2) is 5.82 Å². The van der Waals surface area contributed by atoms with Crippen molar-refractivity contribution in [1.82, 2.24) is 20.1 Å². The number of hydrogen-bond acceptors (Lipinski definition) is 4. The summed E-state index contributed by atoms with van der Waals surface area (Å²) in [6.45, 7) is 3.18. The van der Waals surface area contributed by atoms with Crippen molar-refractivity contribution in [3.8, 4) is 0 Å². The van der Waals surface area contributed by atoms with Gasteiger partial charge in [-0.3, -0.25) is 4.79 Å². The van der Waals surface area contributed by atoms with Crippen LogP contribution in [0.15, 0.2) is 28.7 Å². The molecule has 0 saturated heterocycles. The molecular weight excluding hydrogens is 280 g/mol. The molecule has 0 bridgehead atoms. The summed E-state index contributed by atoms with van der Waals surface area (Å²) in [5, 5.41) is 12.1. The van der Waals surface area contributed by atoms with Crippen molar-refractivity contribution in [2.75, 3.05) is 0 Å². The minimum absolute atomic E-state index is 0.157. The topological polar surface area (TPSA) is 73.0 Å². The zero-order valence-corrected chi connectivity index (χ0v) is 12.3. The third kappa shape index (κ3) is 2.07. The molecule has 0 spiro atoms. The van der Waals surface area contributed by atoms with Crippen LogP contribution in [0.4, 0.5) is 0 Å². The maximum Gasteiger partial charge on any atom is 0.255 e. The number of benzene rings is 1. The summed E-state index contributed by atoms with van der Waals surface area (Å²) in [5.41, 5.74) is 1.18. The van der Waals surface area contributed by atoms with Crippen molar-refractivity contribution < 1.29 is 9.21 Å². The smallest absolute Gasteiger partial charge is 0.255 e. The molecule has 1 aliphatic rings. The van der Waals surface area contributed by atoms with Crippen molar-refractivity contribution in [1.29, 1.82) is 0 Å². The van der Waals surface area contributed by atoms with Gasteiger partial charge in [-0.15, -0.1) is 10.2 Å². The Morgan fingerprint density at radius 1 is 1.41 bits per heavy atom. The molecule has 6 heteroatoms. The second kappa shape index (κ2) is 4.98. The van der Waals surface area contributed by atoms with E-state index in [9.17, 15) is 4.79 Å². The Bertz CT molecular complexity index is 862. The SMILES string of the molecule is Cc1cc2cccc(C(=O)NCc3nnc4n3CCC4)c2o1. The lowest BCUT2D eigenvalue weighted by Crippen LogP contribution is -2.24. The molecule has 4 rings (SSSR count). The molecule has 0 atom stereocenters.